The van der Waals surface area contributed by atoms with Gasteiger partial charge in [-0.25, -0.2) is 0 Å². The van der Waals surface area contributed by atoms with Gasteiger partial charge in [0.15, 0.2) is 0 Å². The number of nitrogens with zero attached hydrogens (tertiary/aromatic N) is 2. The Kier molecular flexibility index (Phi) is 6.52. The van der Waals surface area contributed by atoms with Crippen LogP contribution >= 0.6 is 0 Å². The van der Waals surface area contributed by atoms with Crippen LogP contribution in [0.5, 0.6) is 0 Å². The van der Waals surface area contributed by atoms with Crippen LogP contribution in [-0.2, 0) is 4.79 Å². The molecule has 0 aromatic heterocycles. The molecule has 17 heavy (non-hydrogen) atoms. The number of aliphatic hydroxyl groups excluding tert-OH is 1. The molecule has 1 N–H and O–H groups in total. The largest absolute Gasteiger partial charge is 0.396 e. The van der Waals surface area contributed by atoms with E-state index >= 15 is 0 Å². The van der Waals surface area contributed by atoms with Gasteiger partial charge in [0.05, 0.1) is 0 Å². The summed E-state index contributed by atoms with van der Waals surface area (Å²) in [4.78, 5) is 15.6. The van der Waals surface area contributed by atoms with Crippen LogP contribution in [0.2, 0.25) is 0 Å². The standard InChI is InChI=1S/C13H26N2O2/c1-14(2)13(17)7-5-10-15-9-4-3-6-12(15)8-11-16/h12,16H,3-11H2,1-2H3. The summed E-state index contributed by atoms with van der Waals surface area (Å²) in [5, 5.41) is 9.04. The molecule has 1 amide bonds. The van der Waals surface area contributed by atoms with Crippen molar-refractivity contribution >= 4 is 5.91 Å². The summed E-state index contributed by atoms with van der Waals surface area (Å²) >= 11 is 0. The summed E-state index contributed by atoms with van der Waals surface area (Å²) in [5.41, 5.74) is 0. The van der Waals surface area contributed by atoms with Gasteiger partial charge in [0.25, 0.3) is 0 Å². The van der Waals surface area contributed by atoms with Gasteiger partial charge in [-0.15, -0.1) is 0 Å². The van der Waals surface area contributed by atoms with E-state index in [-0.39, 0.29) is 12.5 Å². The normalized spacial score (nSPS) is 21.5. The highest BCUT2D eigenvalue weighted by molar-refractivity contribution is 5.75. The first-order valence-electron chi connectivity index (χ1n) is 6.70. The topological polar surface area (TPSA) is 43.8 Å². The Morgan fingerprint density at radius 3 is 2.82 bits per heavy atom. The Hall–Kier alpha value is -0.610. The Bertz CT molecular complexity index is 229. The zero-order valence-corrected chi connectivity index (χ0v) is 11.2. The van der Waals surface area contributed by atoms with Crippen LogP contribution in [0, 0.1) is 0 Å². The molecule has 4 nitrogen and oxygen atoms in total. The number of hydrogen-bond donors (Lipinski definition) is 1. The van der Waals surface area contributed by atoms with Crippen molar-refractivity contribution in [3.05, 3.63) is 0 Å². The lowest BCUT2D eigenvalue weighted by molar-refractivity contribution is -0.128. The summed E-state index contributed by atoms with van der Waals surface area (Å²) in [6.45, 7) is 2.39. The third kappa shape index (κ3) is 5.04. The van der Waals surface area contributed by atoms with Crippen LogP contribution in [0.1, 0.15) is 38.5 Å². The molecule has 0 aromatic rings. The average Bonchev–Trinajstić information content (AvgIpc) is 2.31. The monoisotopic (exact) mass is 242 g/mol. The van der Waals surface area contributed by atoms with E-state index in [1.807, 2.05) is 0 Å². The van der Waals surface area contributed by atoms with E-state index in [4.69, 9.17) is 5.11 Å². The molecule has 1 unspecified atom stereocenters. The Balaban J connectivity index is 2.25. The van der Waals surface area contributed by atoms with Crippen molar-refractivity contribution in [3.8, 4) is 0 Å². The van der Waals surface area contributed by atoms with Crippen molar-refractivity contribution in [2.75, 3.05) is 33.8 Å². The van der Waals surface area contributed by atoms with Crippen molar-refractivity contribution in [1.29, 1.82) is 0 Å². The molecule has 0 aromatic carbocycles. The van der Waals surface area contributed by atoms with Crippen molar-refractivity contribution in [3.63, 3.8) is 0 Å². The van der Waals surface area contributed by atoms with E-state index in [1.54, 1.807) is 19.0 Å². The van der Waals surface area contributed by atoms with Gasteiger partial charge in [-0.05, 0) is 38.8 Å². The molecule has 1 heterocycles. The summed E-state index contributed by atoms with van der Waals surface area (Å²) in [5.74, 6) is 0.209. The molecule has 0 bridgehead atoms. The lowest BCUT2D eigenvalue weighted by atomic mass is 9.99. The van der Waals surface area contributed by atoms with Gasteiger partial charge in [0.1, 0.15) is 0 Å². The molecule has 0 aliphatic carbocycles. The summed E-state index contributed by atoms with van der Waals surface area (Å²) < 4.78 is 0. The fourth-order valence-electron chi connectivity index (χ4n) is 2.49. The number of piperidine rings is 1. The summed E-state index contributed by atoms with van der Waals surface area (Å²) in [7, 11) is 3.61. The van der Waals surface area contributed by atoms with E-state index in [0.29, 0.717) is 12.5 Å². The van der Waals surface area contributed by atoms with Gasteiger partial charge in [-0.2, -0.15) is 0 Å². The first-order valence-corrected chi connectivity index (χ1v) is 6.70. The Labute approximate surface area is 105 Å². The van der Waals surface area contributed by atoms with Gasteiger partial charge in [-0.3, -0.25) is 4.79 Å². The molecule has 100 valence electrons. The Morgan fingerprint density at radius 1 is 1.41 bits per heavy atom. The molecule has 4 heteroatoms. The quantitative estimate of drug-likeness (QED) is 0.758. The van der Waals surface area contributed by atoms with Crippen molar-refractivity contribution < 1.29 is 9.90 Å². The summed E-state index contributed by atoms with van der Waals surface area (Å²) in [6, 6.07) is 0.531. The number of likely N-dealkylation sites (tertiary alicyclic amines) is 1. The van der Waals surface area contributed by atoms with Crippen LogP contribution in [0.25, 0.3) is 0 Å². The predicted molar refractivity (Wildman–Crippen MR) is 68.8 cm³/mol. The van der Waals surface area contributed by atoms with Crippen molar-refractivity contribution in [2.24, 2.45) is 0 Å². The van der Waals surface area contributed by atoms with Gasteiger partial charge >= 0.3 is 0 Å². The average molecular weight is 242 g/mol. The van der Waals surface area contributed by atoms with E-state index in [9.17, 15) is 4.79 Å². The lowest BCUT2D eigenvalue weighted by Crippen LogP contribution is -2.40. The molecular weight excluding hydrogens is 216 g/mol. The highest BCUT2D eigenvalue weighted by Gasteiger charge is 2.21. The zero-order chi connectivity index (χ0) is 12.7. The number of carbonyl (C=O) groups is 1. The third-order valence-electron chi connectivity index (χ3n) is 3.55. The smallest absolute Gasteiger partial charge is 0.222 e. The van der Waals surface area contributed by atoms with E-state index in [2.05, 4.69) is 4.90 Å². The third-order valence-corrected chi connectivity index (χ3v) is 3.55. The molecule has 1 aliphatic heterocycles. The van der Waals surface area contributed by atoms with E-state index in [1.165, 1.54) is 19.3 Å². The highest BCUT2D eigenvalue weighted by atomic mass is 16.3. The maximum absolute atomic E-state index is 11.5. The highest BCUT2D eigenvalue weighted by Crippen LogP contribution is 2.19. The minimum absolute atomic E-state index is 0.209. The minimum atomic E-state index is 0.209. The van der Waals surface area contributed by atoms with Crippen LogP contribution in [0.3, 0.4) is 0 Å². The van der Waals surface area contributed by atoms with Gasteiger partial charge in [0.2, 0.25) is 5.91 Å². The van der Waals surface area contributed by atoms with Crippen molar-refractivity contribution in [1.82, 2.24) is 9.80 Å². The first kappa shape index (κ1) is 14.5. The van der Waals surface area contributed by atoms with Crippen LogP contribution < -0.4 is 0 Å². The molecule has 0 radical (unpaired) electrons. The van der Waals surface area contributed by atoms with Crippen LogP contribution in [-0.4, -0.2) is 60.6 Å². The SMILES string of the molecule is CN(C)C(=O)CCCN1CCCCC1CCO. The van der Waals surface area contributed by atoms with Crippen LogP contribution in [0.15, 0.2) is 0 Å². The fraction of sp³-hybridized carbons (Fsp3) is 0.923. The number of rotatable bonds is 6. The number of hydrogen-bond acceptors (Lipinski definition) is 3. The lowest BCUT2D eigenvalue weighted by Gasteiger charge is -2.35. The minimum Gasteiger partial charge on any atom is -0.396 e. The Morgan fingerprint density at radius 2 is 2.18 bits per heavy atom. The molecule has 0 saturated carbocycles. The molecular formula is C13H26N2O2. The summed E-state index contributed by atoms with van der Waals surface area (Å²) in [6.07, 6.45) is 6.17. The maximum Gasteiger partial charge on any atom is 0.222 e. The number of amides is 1. The second-order valence-corrected chi connectivity index (χ2v) is 5.09. The number of aliphatic hydroxyl groups is 1. The first-order chi connectivity index (χ1) is 8.15. The second kappa shape index (κ2) is 7.67. The second-order valence-electron chi connectivity index (χ2n) is 5.09. The maximum atomic E-state index is 11.5. The predicted octanol–water partition coefficient (Wildman–Crippen LogP) is 1.09. The van der Waals surface area contributed by atoms with Crippen molar-refractivity contribution in [2.45, 2.75) is 44.6 Å². The molecule has 1 rings (SSSR count). The molecule has 0 spiro atoms. The molecule has 1 atom stereocenters. The molecule has 1 fully saturated rings. The van der Waals surface area contributed by atoms with Gasteiger partial charge < -0.3 is 14.9 Å². The number of carbonyl (C=O) groups excluding carboxylic acids is 1. The van der Waals surface area contributed by atoms with E-state index < -0.39 is 0 Å². The van der Waals surface area contributed by atoms with Gasteiger partial charge in [0, 0.05) is 33.2 Å². The fourth-order valence-corrected chi connectivity index (χ4v) is 2.49. The van der Waals surface area contributed by atoms with E-state index in [0.717, 1.165) is 25.9 Å². The molecule has 1 saturated heterocycles. The zero-order valence-electron chi connectivity index (χ0n) is 11.2. The van der Waals surface area contributed by atoms with Gasteiger partial charge in [-0.1, -0.05) is 6.42 Å². The van der Waals surface area contributed by atoms with Crippen LogP contribution in [0.4, 0.5) is 0 Å². The molecule has 1 aliphatic rings.